The topological polar surface area (TPSA) is 178 Å². The number of nitrogens with one attached hydrogen (secondary N) is 1. The molecule has 3 aromatic rings. The molecular weight excluding hydrogens is 606 g/mol. The molecule has 2 heterocycles. The summed E-state index contributed by atoms with van der Waals surface area (Å²) >= 11 is 0. The van der Waals surface area contributed by atoms with Crippen LogP contribution in [-0.2, 0) is 38.7 Å². The summed E-state index contributed by atoms with van der Waals surface area (Å²) in [4.78, 5) is 47.7. The van der Waals surface area contributed by atoms with Crippen LogP contribution in [0.1, 0.15) is 110 Å². The Bertz CT molecular complexity index is 1640. The van der Waals surface area contributed by atoms with Crippen LogP contribution >= 0.6 is 0 Å². The third-order valence-corrected chi connectivity index (χ3v) is 7.89. The van der Waals surface area contributed by atoms with Crippen LogP contribution in [0.3, 0.4) is 0 Å². The van der Waals surface area contributed by atoms with Crippen molar-refractivity contribution in [2.75, 3.05) is 18.5 Å². The largest absolute Gasteiger partial charge is 0.466 e. The number of carbonyl (C=O) groups is 3. The molecule has 246 valence electrons. The number of rotatable bonds is 14. The number of amides is 1. The highest BCUT2D eigenvalue weighted by Crippen LogP contribution is 2.37. The average molecular weight is 648 g/mol. The van der Waals surface area contributed by atoms with Gasteiger partial charge in [-0.05, 0) is 34.4 Å². The number of hydrogen-bond donors (Lipinski definition) is 1. The van der Waals surface area contributed by atoms with Gasteiger partial charge >= 0.3 is 22.1 Å². The van der Waals surface area contributed by atoms with Gasteiger partial charge in [-0.3, -0.25) is 24.3 Å². The first-order chi connectivity index (χ1) is 21.0. The molecule has 45 heavy (non-hydrogen) atoms. The van der Waals surface area contributed by atoms with Crippen LogP contribution in [0, 0.1) is 0 Å². The monoisotopic (exact) mass is 647 g/mol. The number of ether oxygens (including phenoxy) is 3. The molecule has 1 atom stereocenters. The molecule has 1 N–H and O–H groups in total. The fourth-order valence-corrected chi connectivity index (χ4v) is 5.99. The molecule has 0 aliphatic rings. The van der Waals surface area contributed by atoms with Crippen LogP contribution in [0.25, 0.3) is 11.2 Å². The summed E-state index contributed by atoms with van der Waals surface area (Å²) in [5.41, 5.74) is 2.06. The van der Waals surface area contributed by atoms with E-state index in [1.807, 2.05) is 53.7 Å². The van der Waals surface area contributed by atoms with E-state index in [0.717, 1.165) is 5.56 Å². The smallest absolute Gasteiger partial charge is 0.341 e. The first kappa shape index (κ1) is 35.4. The van der Waals surface area contributed by atoms with Gasteiger partial charge in [-0.1, -0.05) is 53.7 Å². The number of carbonyl (C=O) groups excluding carboxylic acids is 3. The maximum Gasteiger partial charge on any atom is 0.341 e. The Morgan fingerprint density at radius 2 is 1.51 bits per heavy atom. The number of anilines is 1. The van der Waals surface area contributed by atoms with Gasteiger partial charge in [-0.25, -0.2) is 4.98 Å². The molecule has 0 radical (unpaired) electrons. The second kappa shape index (κ2) is 14.8. The van der Waals surface area contributed by atoms with E-state index >= 15 is 0 Å². The molecule has 0 saturated heterocycles. The third-order valence-electron chi connectivity index (χ3n) is 6.54. The zero-order chi connectivity index (χ0) is 33.6. The zero-order valence-corrected chi connectivity index (χ0v) is 27.9. The summed E-state index contributed by atoms with van der Waals surface area (Å²) < 4.78 is 51.1. The minimum atomic E-state index is -4.51. The van der Waals surface area contributed by atoms with Gasteiger partial charge in [-0.2, -0.15) is 18.4 Å². The molecule has 3 rings (SSSR count). The number of nitrogens with zero attached hydrogens (tertiary/aromatic N) is 4. The van der Waals surface area contributed by atoms with Crippen molar-refractivity contribution in [2.24, 2.45) is 0 Å². The van der Waals surface area contributed by atoms with Gasteiger partial charge in [-0.15, -0.1) is 0 Å². The van der Waals surface area contributed by atoms with Crippen molar-refractivity contribution in [2.45, 2.75) is 97.8 Å². The Hall–Kier alpha value is -4.11. The normalized spacial score (nSPS) is 12.5. The van der Waals surface area contributed by atoms with E-state index in [1.165, 1.54) is 31.7 Å². The van der Waals surface area contributed by atoms with E-state index in [4.69, 9.17) is 18.4 Å². The molecule has 1 aromatic carbocycles. The summed E-state index contributed by atoms with van der Waals surface area (Å²) in [5, 5.41) is 2.44. The lowest BCUT2D eigenvalue weighted by molar-refractivity contribution is -0.200. The molecule has 15 heteroatoms. The second-order valence-electron chi connectivity index (χ2n) is 11.4. The molecule has 1 amide bonds. The lowest BCUT2D eigenvalue weighted by Gasteiger charge is -2.22. The quantitative estimate of drug-likeness (QED) is 0.108. The first-order valence-corrected chi connectivity index (χ1v) is 16.0. The van der Waals surface area contributed by atoms with Gasteiger partial charge in [0.05, 0.1) is 13.2 Å². The van der Waals surface area contributed by atoms with Crippen molar-refractivity contribution in [1.82, 2.24) is 19.5 Å². The standard InChI is InChI=1S/C30H41N5O9S/c1-16(2)22-13-23(17(3)4)26(24(14-22)18(5)6)45(39,40)44-28-25-27(33-29(34-28)32-19(7)36)35(15-31-25)30(43-21(9)38)42-12-10-11-41-20(8)37/h13-18,30H,10-12H2,1-9H3,(H,32,33,34,36). The van der Waals surface area contributed by atoms with E-state index in [2.05, 4.69) is 20.3 Å². The molecule has 0 spiro atoms. The summed E-state index contributed by atoms with van der Waals surface area (Å²) in [7, 11) is -4.51. The highest BCUT2D eigenvalue weighted by atomic mass is 32.2. The predicted molar refractivity (Wildman–Crippen MR) is 164 cm³/mol. The predicted octanol–water partition coefficient (Wildman–Crippen LogP) is 4.91. The number of esters is 2. The number of aromatic nitrogens is 4. The summed E-state index contributed by atoms with van der Waals surface area (Å²) in [5.74, 6) is -2.54. The molecule has 0 fully saturated rings. The Labute approximate surface area is 263 Å². The van der Waals surface area contributed by atoms with Crippen molar-refractivity contribution in [3.05, 3.63) is 35.2 Å². The van der Waals surface area contributed by atoms with Gasteiger partial charge in [0.1, 0.15) is 11.2 Å². The maximum absolute atomic E-state index is 14.1. The molecule has 1 unspecified atom stereocenters. The highest BCUT2D eigenvalue weighted by Gasteiger charge is 2.31. The zero-order valence-electron chi connectivity index (χ0n) is 27.0. The van der Waals surface area contributed by atoms with E-state index in [0.29, 0.717) is 11.1 Å². The average Bonchev–Trinajstić information content (AvgIpc) is 3.34. The molecule has 0 aliphatic heterocycles. The van der Waals surface area contributed by atoms with Crippen molar-refractivity contribution in [3.63, 3.8) is 0 Å². The van der Waals surface area contributed by atoms with Crippen LogP contribution in [0.2, 0.25) is 0 Å². The molecule has 0 aliphatic carbocycles. The van der Waals surface area contributed by atoms with Crippen LogP contribution in [-0.4, -0.2) is 59.0 Å². The Balaban J connectivity index is 2.16. The van der Waals surface area contributed by atoms with E-state index < -0.39 is 40.3 Å². The van der Waals surface area contributed by atoms with E-state index in [-0.39, 0.29) is 59.4 Å². The summed E-state index contributed by atoms with van der Waals surface area (Å²) in [6.45, 7) is 15.5. The van der Waals surface area contributed by atoms with E-state index in [9.17, 15) is 22.8 Å². The SMILES string of the molecule is CC(=O)Nc1nc(OS(=O)(=O)c2c(C(C)C)cc(C(C)C)cc2C(C)C)c2ncn(C(OCCCOC(C)=O)OC(C)=O)c2n1. The van der Waals surface area contributed by atoms with Crippen molar-refractivity contribution in [3.8, 4) is 5.88 Å². The van der Waals surface area contributed by atoms with Crippen molar-refractivity contribution < 1.29 is 41.2 Å². The number of imidazole rings is 1. The fraction of sp³-hybridized carbons (Fsp3) is 0.533. The van der Waals surface area contributed by atoms with E-state index in [1.54, 1.807) is 0 Å². The number of hydrogen-bond acceptors (Lipinski definition) is 12. The molecule has 0 saturated carbocycles. The van der Waals surface area contributed by atoms with Crippen LogP contribution in [0.5, 0.6) is 5.88 Å². The van der Waals surface area contributed by atoms with Crippen LogP contribution < -0.4 is 9.50 Å². The van der Waals surface area contributed by atoms with Crippen LogP contribution in [0.15, 0.2) is 23.4 Å². The molecule has 14 nitrogen and oxygen atoms in total. The Morgan fingerprint density at radius 3 is 2.02 bits per heavy atom. The van der Waals surface area contributed by atoms with Crippen molar-refractivity contribution >= 4 is 45.1 Å². The van der Waals surface area contributed by atoms with Crippen molar-refractivity contribution in [1.29, 1.82) is 0 Å². The van der Waals surface area contributed by atoms with Crippen LogP contribution in [0.4, 0.5) is 5.95 Å². The van der Waals surface area contributed by atoms with Gasteiger partial charge in [0, 0.05) is 27.2 Å². The minimum Gasteiger partial charge on any atom is -0.466 e. The third kappa shape index (κ3) is 8.97. The Morgan fingerprint density at radius 1 is 0.889 bits per heavy atom. The lowest BCUT2D eigenvalue weighted by Crippen LogP contribution is -2.21. The first-order valence-electron chi connectivity index (χ1n) is 14.6. The summed E-state index contributed by atoms with van der Waals surface area (Å²) in [6, 6.07) is 3.76. The number of benzene rings is 1. The minimum absolute atomic E-state index is 0.00854. The summed E-state index contributed by atoms with van der Waals surface area (Å²) in [6.07, 6.45) is 0.111. The molecular formula is C30H41N5O9S. The molecule has 2 aromatic heterocycles. The number of fused-ring (bicyclic) bond motifs is 1. The molecule has 0 bridgehead atoms. The van der Waals surface area contributed by atoms with Gasteiger partial charge < -0.3 is 18.4 Å². The Kier molecular flexibility index (Phi) is 11.6. The second-order valence-corrected chi connectivity index (χ2v) is 12.9. The fourth-order valence-electron chi connectivity index (χ4n) is 4.41. The van der Waals surface area contributed by atoms with Gasteiger partial charge in [0.25, 0.3) is 12.3 Å². The lowest BCUT2D eigenvalue weighted by atomic mass is 9.89. The highest BCUT2D eigenvalue weighted by molar-refractivity contribution is 7.87. The van der Waals surface area contributed by atoms with Gasteiger partial charge in [0.15, 0.2) is 11.2 Å². The van der Waals surface area contributed by atoms with Gasteiger partial charge in [0.2, 0.25) is 11.9 Å². The maximum atomic E-state index is 14.1.